The molecule has 0 saturated carbocycles. The van der Waals surface area contributed by atoms with Crippen molar-refractivity contribution in [1.82, 2.24) is 4.98 Å². The van der Waals surface area contributed by atoms with E-state index >= 15 is 0 Å². The van der Waals surface area contributed by atoms with E-state index < -0.39 is 29.7 Å². The molecule has 1 aliphatic heterocycles. The van der Waals surface area contributed by atoms with Gasteiger partial charge in [0, 0.05) is 28.3 Å². The van der Waals surface area contributed by atoms with E-state index in [0.29, 0.717) is 27.5 Å². The fraction of sp³-hybridized carbons (Fsp3) is 0.348. The first-order valence-electron chi connectivity index (χ1n) is 9.98. The maximum Gasteiger partial charge on any atom is 0.357 e. The molecule has 1 aromatic carbocycles. The van der Waals surface area contributed by atoms with E-state index in [4.69, 9.17) is 14.2 Å². The highest BCUT2D eigenvalue weighted by Gasteiger charge is 2.43. The summed E-state index contributed by atoms with van der Waals surface area (Å²) in [6.45, 7) is 5.41. The number of hydrogen-bond donors (Lipinski definition) is 0. The van der Waals surface area contributed by atoms with Crippen LogP contribution in [0.2, 0.25) is 0 Å². The summed E-state index contributed by atoms with van der Waals surface area (Å²) in [5.74, 6) is -3.10. The van der Waals surface area contributed by atoms with Crippen LogP contribution in [-0.4, -0.2) is 49.4 Å². The molecule has 2 aromatic rings. The number of carbonyl (C=O) groups excluding carboxylic acids is 3. The second kappa shape index (κ2) is 9.86. The van der Waals surface area contributed by atoms with Crippen molar-refractivity contribution in [2.24, 2.45) is 10.9 Å². The Bertz CT molecular complexity index is 1120. The molecule has 2 atom stereocenters. The lowest BCUT2D eigenvalue weighted by Gasteiger charge is -2.32. The Balaban J connectivity index is 2.20. The third kappa shape index (κ3) is 4.34. The van der Waals surface area contributed by atoms with E-state index in [1.165, 1.54) is 25.6 Å². The second-order valence-corrected chi connectivity index (χ2v) is 7.93. The monoisotopic (exact) mass is 456 g/mol. The Morgan fingerprint density at radius 2 is 1.78 bits per heavy atom. The zero-order chi connectivity index (χ0) is 23.4. The molecule has 168 valence electrons. The zero-order valence-corrected chi connectivity index (χ0v) is 19.3. The summed E-state index contributed by atoms with van der Waals surface area (Å²) in [5, 5.41) is 2.19. The van der Waals surface area contributed by atoms with Crippen molar-refractivity contribution in [1.29, 1.82) is 0 Å². The van der Waals surface area contributed by atoms with Gasteiger partial charge < -0.3 is 14.2 Å². The normalized spacial score (nSPS) is 18.1. The quantitative estimate of drug-likeness (QED) is 0.481. The number of aliphatic imine (C=N–C) groups is 1. The highest BCUT2D eigenvalue weighted by Crippen LogP contribution is 2.44. The molecule has 0 radical (unpaired) electrons. The Morgan fingerprint density at radius 3 is 2.44 bits per heavy atom. The van der Waals surface area contributed by atoms with Gasteiger partial charge in [-0.25, -0.2) is 14.6 Å². The Morgan fingerprint density at radius 1 is 1.06 bits per heavy atom. The number of esters is 3. The van der Waals surface area contributed by atoms with Crippen LogP contribution in [0.1, 0.15) is 42.7 Å². The maximum absolute atomic E-state index is 12.8. The zero-order valence-electron chi connectivity index (χ0n) is 18.5. The highest BCUT2D eigenvalue weighted by molar-refractivity contribution is 7.13. The Kier molecular flexibility index (Phi) is 7.19. The molecule has 2 unspecified atom stereocenters. The predicted molar refractivity (Wildman–Crippen MR) is 120 cm³/mol. The maximum atomic E-state index is 12.8. The van der Waals surface area contributed by atoms with Gasteiger partial charge in [-0.2, -0.15) is 0 Å². The molecule has 1 aromatic heterocycles. The lowest BCUT2D eigenvalue weighted by molar-refractivity contribution is -0.143. The first-order chi connectivity index (χ1) is 15.3. The van der Waals surface area contributed by atoms with Gasteiger partial charge in [-0.05, 0) is 26.3 Å². The van der Waals surface area contributed by atoms with Crippen molar-refractivity contribution in [2.75, 3.05) is 20.8 Å². The Labute approximate surface area is 189 Å². The van der Waals surface area contributed by atoms with Gasteiger partial charge in [0.2, 0.25) is 0 Å². The third-order valence-electron chi connectivity index (χ3n) is 5.20. The van der Waals surface area contributed by atoms with Crippen LogP contribution in [0.3, 0.4) is 0 Å². The number of thiazole rings is 1. The molecule has 1 aliphatic rings. The summed E-state index contributed by atoms with van der Waals surface area (Å²) in [7, 11) is 2.59. The predicted octanol–water partition coefficient (Wildman–Crippen LogP) is 3.78. The lowest BCUT2D eigenvalue weighted by atomic mass is 9.74. The van der Waals surface area contributed by atoms with Gasteiger partial charge in [0.1, 0.15) is 10.9 Å². The summed E-state index contributed by atoms with van der Waals surface area (Å²) >= 11 is 1.28. The average Bonchev–Trinajstić information content (AvgIpc) is 3.28. The molecule has 0 bridgehead atoms. The van der Waals surface area contributed by atoms with Gasteiger partial charge in [-0.15, -0.1) is 11.3 Å². The summed E-state index contributed by atoms with van der Waals surface area (Å²) in [6.07, 6.45) is 0. The van der Waals surface area contributed by atoms with E-state index in [-0.39, 0.29) is 17.9 Å². The minimum Gasteiger partial charge on any atom is -0.468 e. The average molecular weight is 457 g/mol. The van der Waals surface area contributed by atoms with Crippen LogP contribution in [0, 0.1) is 5.92 Å². The van der Waals surface area contributed by atoms with Gasteiger partial charge in [-0.1, -0.05) is 24.3 Å². The highest BCUT2D eigenvalue weighted by atomic mass is 32.1. The number of hydrogen-bond acceptors (Lipinski definition) is 9. The summed E-state index contributed by atoms with van der Waals surface area (Å²) in [6, 6.07) is 7.31. The molecule has 0 N–H and O–H groups in total. The molecule has 8 nitrogen and oxygen atoms in total. The van der Waals surface area contributed by atoms with E-state index in [9.17, 15) is 14.4 Å². The molecule has 32 heavy (non-hydrogen) atoms. The summed E-state index contributed by atoms with van der Waals surface area (Å²) in [5.41, 5.74) is 2.86. The topological polar surface area (TPSA) is 104 Å². The summed E-state index contributed by atoms with van der Waals surface area (Å²) < 4.78 is 15.1. The molecule has 0 fully saturated rings. The van der Waals surface area contributed by atoms with Crippen LogP contribution in [0.15, 0.2) is 45.9 Å². The minimum absolute atomic E-state index is 0.201. The number of rotatable bonds is 6. The molecular formula is C23H24N2O6S. The van der Waals surface area contributed by atoms with Crippen LogP contribution in [0.25, 0.3) is 10.6 Å². The number of benzene rings is 1. The molecule has 0 saturated heterocycles. The number of aromatic nitrogens is 1. The van der Waals surface area contributed by atoms with Gasteiger partial charge in [0.15, 0.2) is 5.69 Å². The molecule has 0 spiro atoms. The molecule has 0 amide bonds. The molecule has 9 heteroatoms. The fourth-order valence-electron chi connectivity index (χ4n) is 3.84. The number of nitrogens with zero attached hydrogens (tertiary/aromatic N) is 2. The van der Waals surface area contributed by atoms with Crippen LogP contribution >= 0.6 is 11.3 Å². The molecular weight excluding hydrogens is 432 g/mol. The van der Waals surface area contributed by atoms with Crippen LogP contribution in [-0.2, 0) is 23.8 Å². The number of carbonyl (C=O) groups is 3. The molecule has 3 rings (SSSR count). The fourth-order valence-corrected chi connectivity index (χ4v) is 4.68. The van der Waals surface area contributed by atoms with Gasteiger partial charge in [0.05, 0.1) is 26.4 Å². The largest absolute Gasteiger partial charge is 0.468 e. The first-order valence-corrected chi connectivity index (χ1v) is 10.9. The van der Waals surface area contributed by atoms with Crippen LogP contribution in [0.5, 0.6) is 0 Å². The third-order valence-corrected chi connectivity index (χ3v) is 6.08. The van der Waals surface area contributed by atoms with Gasteiger partial charge in [-0.3, -0.25) is 9.79 Å². The lowest BCUT2D eigenvalue weighted by Crippen LogP contribution is -2.36. The van der Waals surface area contributed by atoms with Crippen molar-refractivity contribution in [2.45, 2.75) is 26.7 Å². The number of methoxy groups -OCH3 is 2. The van der Waals surface area contributed by atoms with Crippen LogP contribution in [0.4, 0.5) is 0 Å². The van der Waals surface area contributed by atoms with Gasteiger partial charge in [0.25, 0.3) is 0 Å². The van der Waals surface area contributed by atoms with Gasteiger partial charge >= 0.3 is 17.9 Å². The van der Waals surface area contributed by atoms with Crippen LogP contribution < -0.4 is 0 Å². The van der Waals surface area contributed by atoms with Crippen molar-refractivity contribution in [3.05, 3.63) is 52.2 Å². The second-order valence-electron chi connectivity index (χ2n) is 7.07. The van der Waals surface area contributed by atoms with E-state index in [2.05, 4.69) is 9.98 Å². The number of ether oxygens (including phenoxy) is 3. The van der Waals surface area contributed by atoms with E-state index in [1.54, 1.807) is 26.2 Å². The molecule has 0 aliphatic carbocycles. The van der Waals surface area contributed by atoms with Crippen molar-refractivity contribution >= 4 is 35.0 Å². The number of allylic oxidation sites excluding steroid dienone is 1. The molecule has 2 heterocycles. The SMILES string of the molecule is CCOC(=O)c1csc(-c2ccccc2C2C(C(=O)OC)=C(C)N=C(C)C2C(=O)OC)n1. The van der Waals surface area contributed by atoms with E-state index in [1.807, 2.05) is 24.3 Å². The minimum atomic E-state index is -0.816. The Hall–Kier alpha value is -3.33. The van der Waals surface area contributed by atoms with E-state index in [0.717, 1.165) is 0 Å². The summed E-state index contributed by atoms with van der Waals surface area (Å²) in [4.78, 5) is 46.5. The first kappa shape index (κ1) is 23.3. The van der Waals surface area contributed by atoms with Crippen molar-refractivity contribution in [3.8, 4) is 10.6 Å². The smallest absolute Gasteiger partial charge is 0.357 e. The van der Waals surface area contributed by atoms with Crippen molar-refractivity contribution in [3.63, 3.8) is 0 Å². The van der Waals surface area contributed by atoms with Crippen molar-refractivity contribution < 1.29 is 28.6 Å². The standard InChI is InChI=1S/C23H24N2O6S/c1-6-31-21(26)16-11-32-20(25-16)15-10-8-7-9-14(15)19-17(22(27)29-4)12(2)24-13(3)18(19)23(28)30-5/h7-11,17,19H,6H2,1-5H3.